The van der Waals surface area contributed by atoms with Crippen LogP contribution in [-0.4, -0.2) is 0 Å². The van der Waals surface area contributed by atoms with E-state index in [1.54, 1.807) is 0 Å². The van der Waals surface area contributed by atoms with Gasteiger partial charge in [-0.15, -0.1) is 0 Å². The van der Waals surface area contributed by atoms with Crippen LogP contribution < -0.4 is 4.90 Å². The molecular formula is C76H51N. The van der Waals surface area contributed by atoms with Gasteiger partial charge in [-0.3, -0.25) is 0 Å². The minimum absolute atomic E-state index is 0.544. The van der Waals surface area contributed by atoms with E-state index in [4.69, 9.17) is 0 Å². The molecule has 0 bridgehead atoms. The Morgan fingerprint density at radius 3 is 1.26 bits per heavy atom. The highest BCUT2D eigenvalue weighted by molar-refractivity contribution is 6.10. The minimum atomic E-state index is -0.563. The molecule has 0 aromatic heterocycles. The van der Waals surface area contributed by atoms with Crippen molar-refractivity contribution in [2.24, 2.45) is 0 Å². The van der Waals surface area contributed by atoms with Gasteiger partial charge < -0.3 is 4.90 Å². The summed E-state index contributed by atoms with van der Waals surface area (Å²) < 4.78 is 0. The minimum Gasteiger partial charge on any atom is -0.310 e. The molecule has 0 unspecified atom stereocenters. The maximum absolute atomic E-state index is 2.52. The lowest BCUT2D eigenvalue weighted by atomic mass is 9.51. The van der Waals surface area contributed by atoms with E-state index in [0.29, 0.717) is 0 Å². The third-order valence-electron chi connectivity index (χ3n) is 16.8. The average molecular weight is 978 g/mol. The fraction of sp³-hybridized carbons (Fsp3) is 0.0263. The van der Waals surface area contributed by atoms with Crippen LogP contribution in [0.3, 0.4) is 0 Å². The molecule has 1 spiro atoms. The van der Waals surface area contributed by atoms with E-state index < -0.39 is 10.8 Å². The van der Waals surface area contributed by atoms with Crippen LogP contribution in [-0.2, 0) is 10.8 Å². The molecule has 0 atom stereocenters. The van der Waals surface area contributed by atoms with Gasteiger partial charge in [0.15, 0.2) is 0 Å². The van der Waals surface area contributed by atoms with E-state index in [-0.39, 0.29) is 0 Å². The molecule has 2 aliphatic carbocycles. The Kier molecular flexibility index (Phi) is 10.4. The fourth-order valence-electron chi connectivity index (χ4n) is 13.5. The van der Waals surface area contributed by atoms with Crippen LogP contribution in [0.5, 0.6) is 0 Å². The number of hydrogen-bond acceptors (Lipinski definition) is 1. The molecule has 0 heterocycles. The van der Waals surface area contributed by atoms with Crippen LogP contribution in [0.4, 0.5) is 17.1 Å². The molecule has 0 N–H and O–H groups in total. The molecule has 1 heteroatoms. The highest BCUT2D eigenvalue weighted by Gasteiger charge is 2.56. The highest BCUT2D eigenvalue weighted by atomic mass is 15.1. The Morgan fingerprint density at radius 1 is 0.221 bits per heavy atom. The van der Waals surface area contributed by atoms with E-state index in [1.807, 2.05) is 0 Å². The summed E-state index contributed by atoms with van der Waals surface area (Å²) >= 11 is 0. The zero-order chi connectivity index (χ0) is 50.9. The molecule has 0 radical (unpaired) electrons. The first-order valence-electron chi connectivity index (χ1n) is 26.8. The molecule has 15 rings (SSSR count). The predicted octanol–water partition coefficient (Wildman–Crippen LogP) is 19.5. The molecule has 0 amide bonds. The first-order valence-corrected chi connectivity index (χ1v) is 26.8. The van der Waals surface area contributed by atoms with Crippen LogP contribution in [0.1, 0.15) is 44.5 Å². The molecule has 1 nitrogen and oxygen atoms in total. The Bertz CT molecular complexity index is 4280. The smallest absolute Gasteiger partial charge is 0.0720 e. The summed E-state index contributed by atoms with van der Waals surface area (Å²) in [5, 5.41) is 4.87. The maximum atomic E-state index is 2.52. The molecule has 0 saturated heterocycles. The van der Waals surface area contributed by atoms with Crippen molar-refractivity contribution >= 4 is 38.6 Å². The number of fused-ring (bicyclic) bond motifs is 12. The standard InChI is InChI=1S/C76H51N/c1-5-21-52(22-6-1)53-39-43-61(44-40-53)77(74-36-20-14-29-65(74)54-23-7-2-8-24-54)62-45-48-64-58(50-62)38-37-57-49-55(41-46-63(57)64)56-42-47-67-66-30-13-15-31-68(66)76(73(67)51-56)71-34-18-16-32-69(71)75(59-25-9-3-10-26-59,60-27-11-4-12-28-60)70-33-17-19-35-72(70)76/h1-51H. The van der Waals surface area contributed by atoms with Crippen LogP contribution >= 0.6 is 0 Å². The second-order valence-electron chi connectivity index (χ2n) is 20.7. The summed E-state index contributed by atoms with van der Waals surface area (Å²) in [7, 11) is 0. The summed E-state index contributed by atoms with van der Waals surface area (Å²) in [4.78, 5) is 2.41. The van der Waals surface area contributed by atoms with Gasteiger partial charge in [-0.05, 0) is 147 Å². The normalized spacial score (nSPS) is 13.4. The highest BCUT2D eigenvalue weighted by Crippen LogP contribution is 2.65. The van der Waals surface area contributed by atoms with Gasteiger partial charge in [0.05, 0.1) is 16.5 Å². The Labute approximate surface area is 450 Å². The van der Waals surface area contributed by atoms with E-state index in [2.05, 4.69) is 314 Å². The van der Waals surface area contributed by atoms with Crippen molar-refractivity contribution in [3.05, 3.63) is 354 Å². The lowest BCUT2D eigenvalue weighted by molar-refractivity contribution is 0.624. The molecule has 0 fully saturated rings. The van der Waals surface area contributed by atoms with Crippen molar-refractivity contribution in [1.82, 2.24) is 0 Å². The number of benzene rings is 13. The quantitative estimate of drug-likeness (QED) is 0.137. The van der Waals surface area contributed by atoms with Crippen LogP contribution in [0.25, 0.3) is 66.1 Å². The first kappa shape index (κ1) is 44.6. The average Bonchev–Trinajstić information content (AvgIpc) is 3.99. The van der Waals surface area contributed by atoms with Crippen molar-refractivity contribution < 1.29 is 0 Å². The van der Waals surface area contributed by atoms with Gasteiger partial charge in [-0.25, -0.2) is 0 Å². The van der Waals surface area contributed by atoms with E-state index >= 15 is 0 Å². The van der Waals surface area contributed by atoms with Crippen molar-refractivity contribution in [3.8, 4) is 44.5 Å². The van der Waals surface area contributed by atoms with Gasteiger partial charge in [-0.1, -0.05) is 267 Å². The van der Waals surface area contributed by atoms with Crippen molar-refractivity contribution in [2.45, 2.75) is 10.8 Å². The van der Waals surface area contributed by atoms with Crippen molar-refractivity contribution in [1.29, 1.82) is 0 Å². The number of para-hydroxylation sites is 1. The Hall–Kier alpha value is -9.82. The zero-order valence-corrected chi connectivity index (χ0v) is 42.4. The van der Waals surface area contributed by atoms with Gasteiger partial charge >= 0.3 is 0 Å². The molecule has 0 saturated carbocycles. The molecule has 13 aromatic carbocycles. The third kappa shape index (κ3) is 6.80. The monoisotopic (exact) mass is 977 g/mol. The van der Waals surface area contributed by atoms with E-state index in [9.17, 15) is 0 Å². The Morgan fingerprint density at radius 2 is 0.636 bits per heavy atom. The summed E-state index contributed by atoms with van der Waals surface area (Å²) in [5.74, 6) is 0. The summed E-state index contributed by atoms with van der Waals surface area (Å²) in [5.41, 5.74) is 22.4. The van der Waals surface area contributed by atoms with E-state index in [0.717, 1.165) is 17.1 Å². The SMILES string of the molecule is c1ccc(-c2ccc(N(c3ccc4c(ccc5cc(-c6ccc7c(c6)C6(c8ccccc8-7)c7ccccc7C(c7ccccc7)(c7ccccc7)c7ccccc76)ccc54)c3)c3ccccc3-c3ccccc3)cc2)cc1. The number of hydrogen-bond donors (Lipinski definition) is 0. The lowest BCUT2D eigenvalue weighted by Gasteiger charge is -2.50. The maximum Gasteiger partial charge on any atom is 0.0720 e. The predicted molar refractivity (Wildman–Crippen MR) is 322 cm³/mol. The second-order valence-corrected chi connectivity index (χ2v) is 20.7. The van der Waals surface area contributed by atoms with Crippen molar-refractivity contribution in [2.75, 3.05) is 4.90 Å². The van der Waals surface area contributed by atoms with Crippen LogP contribution in [0.2, 0.25) is 0 Å². The third-order valence-corrected chi connectivity index (χ3v) is 16.8. The zero-order valence-electron chi connectivity index (χ0n) is 42.4. The summed E-state index contributed by atoms with van der Waals surface area (Å²) in [6.07, 6.45) is 0. The van der Waals surface area contributed by atoms with Crippen LogP contribution in [0, 0.1) is 0 Å². The number of rotatable bonds is 8. The van der Waals surface area contributed by atoms with Gasteiger partial charge in [0, 0.05) is 16.9 Å². The summed E-state index contributed by atoms with van der Waals surface area (Å²) in [6, 6.07) is 115. The van der Waals surface area contributed by atoms with Crippen molar-refractivity contribution in [3.63, 3.8) is 0 Å². The molecule has 0 aliphatic heterocycles. The first-order chi connectivity index (χ1) is 38.2. The second kappa shape index (κ2) is 17.9. The lowest BCUT2D eigenvalue weighted by Crippen LogP contribution is -2.44. The molecule has 360 valence electrons. The number of nitrogens with zero attached hydrogens (tertiary/aromatic N) is 1. The molecular weight excluding hydrogens is 927 g/mol. The van der Waals surface area contributed by atoms with Crippen LogP contribution in [0.15, 0.2) is 309 Å². The van der Waals surface area contributed by atoms with Gasteiger partial charge in [0.2, 0.25) is 0 Å². The van der Waals surface area contributed by atoms with Gasteiger partial charge in [0.25, 0.3) is 0 Å². The molecule has 13 aromatic rings. The topological polar surface area (TPSA) is 3.24 Å². The number of anilines is 3. The largest absolute Gasteiger partial charge is 0.310 e. The van der Waals surface area contributed by atoms with Gasteiger partial charge in [-0.2, -0.15) is 0 Å². The summed E-state index contributed by atoms with van der Waals surface area (Å²) in [6.45, 7) is 0. The fourth-order valence-corrected chi connectivity index (χ4v) is 13.5. The molecule has 2 aliphatic rings. The van der Waals surface area contributed by atoms with Gasteiger partial charge in [0.1, 0.15) is 0 Å². The Balaban J connectivity index is 0.867. The molecule has 77 heavy (non-hydrogen) atoms. The van der Waals surface area contributed by atoms with E-state index in [1.165, 1.54) is 111 Å².